The molecule has 0 aromatic heterocycles. The summed E-state index contributed by atoms with van der Waals surface area (Å²) in [4.78, 5) is 0. The van der Waals surface area contributed by atoms with Crippen molar-refractivity contribution in [3.05, 3.63) is 59.7 Å². The van der Waals surface area contributed by atoms with E-state index in [9.17, 15) is 10.2 Å². The molecule has 1 atom stereocenters. The summed E-state index contributed by atoms with van der Waals surface area (Å²) in [5, 5.41) is 19.4. The van der Waals surface area contributed by atoms with Gasteiger partial charge >= 0.3 is 0 Å². The number of rotatable bonds is 5. The molecule has 0 amide bonds. The average molecular weight is 256 g/mol. The highest BCUT2D eigenvalue weighted by atomic mass is 16.3. The topological polar surface area (TPSA) is 40.5 Å². The molecule has 2 nitrogen and oxygen atoms in total. The molecule has 0 bridgehead atoms. The second-order valence-corrected chi connectivity index (χ2v) is 4.98. The summed E-state index contributed by atoms with van der Waals surface area (Å²) in [6.07, 6.45) is 2.69. The van der Waals surface area contributed by atoms with Gasteiger partial charge in [0.15, 0.2) is 0 Å². The summed E-state index contributed by atoms with van der Waals surface area (Å²) in [6, 6.07) is 15.3. The molecule has 0 spiro atoms. The van der Waals surface area contributed by atoms with Crippen LogP contribution in [0.2, 0.25) is 0 Å². The Labute approximate surface area is 114 Å². The molecule has 0 aliphatic rings. The van der Waals surface area contributed by atoms with Crippen LogP contribution in [0, 0.1) is 0 Å². The quantitative estimate of drug-likeness (QED) is 0.840. The molecule has 0 radical (unpaired) electrons. The molecule has 2 N–H and O–H groups in total. The molecule has 2 rings (SSSR count). The molecule has 100 valence electrons. The summed E-state index contributed by atoms with van der Waals surface area (Å²) in [5.41, 5.74) is 1.99. The lowest BCUT2D eigenvalue weighted by Crippen LogP contribution is -1.95. The zero-order valence-electron chi connectivity index (χ0n) is 11.2. The predicted molar refractivity (Wildman–Crippen MR) is 77.6 cm³/mol. The van der Waals surface area contributed by atoms with Gasteiger partial charge < -0.3 is 10.2 Å². The maximum absolute atomic E-state index is 9.71. The molecular formula is C17H20O2. The first kappa shape index (κ1) is 13.5. The molecular weight excluding hydrogens is 236 g/mol. The summed E-state index contributed by atoms with van der Waals surface area (Å²) >= 11 is 0. The van der Waals surface area contributed by atoms with Crippen LogP contribution in [-0.2, 0) is 6.42 Å². The standard InChI is InChI=1S/C17H20O2/c1-13(14-8-3-2-4-9-14)7-5-10-15-16(18)11-6-12-17(15)19/h2-4,6,8-9,11-13,18-19H,5,7,10H2,1H3. The molecule has 0 saturated carbocycles. The number of aromatic hydroxyl groups is 2. The summed E-state index contributed by atoms with van der Waals surface area (Å²) in [6.45, 7) is 2.21. The van der Waals surface area contributed by atoms with Gasteiger partial charge in [0.2, 0.25) is 0 Å². The molecule has 2 aromatic rings. The Morgan fingerprint density at radius 1 is 0.895 bits per heavy atom. The molecule has 0 fully saturated rings. The third kappa shape index (κ3) is 3.50. The van der Waals surface area contributed by atoms with Crippen molar-refractivity contribution in [3.63, 3.8) is 0 Å². The van der Waals surface area contributed by atoms with Gasteiger partial charge in [-0.1, -0.05) is 43.3 Å². The molecule has 0 aliphatic heterocycles. The largest absolute Gasteiger partial charge is 0.508 e. The normalized spacial score (nSPS) is 12.3. The van der Waals surface area contributed by atoms with E-state index >= 15 is 0 Å². The minimum Gasteiger partial charge on any atom is -0.508 e. The lowest BCUT2D eigenvalue weighted by atomic mass is 9.94. The fraction of sp³-hybridized carbons (Fsp3) is 0.294. The van der Waals surface area contributed by atoms with Gasteiger partial charge in [0.1, 0.15) is 11.5 Å². The predicted octanol–water partition coefficient (Wildman–Crippen LogP) is 4.22. The Morgan fingerprint density at radius 3 is 2.16 bits per heavy atom. The third-order valence-corrected chi connectivity index (χ3v) is 3.56. The summed E-state index contributed by atoms with van der Waals surface area (Å²) in [5.74, 6) is 0.869. The third-order valence-electron chi connectivity index (χ3n) is 3.56. The zero-order valence-corrected chi connectivity index (χ0v) is 11.2. The first-order chi connectivity index (χ1) is 9.18. The van der Waals surface area contributed by atoms with Crippen LogP contribution in [0.5, 0.6) is 11.5 Å². The van der Waals surface area contributed by atoms with Crippen molar-refractivity contribution < 1.29 is 10.2 Å². The number of benzene rings is 2. The van der Waals surface area contributed by atoms with Gasteiger partial charge in [-0.2, -0.15) is 0 Å². The van der Waals surface area contributed by atoms with Gasteiger partial charge in [0.25, 0.3) is 0 Å². The second kappa shape index (κ2) is 6.28. The Hall–Kier alpha value is -1.96. The van der Waals surface area contributed by atoms with Gasteiger partial charge in [0.05, 0.1) is 0 Å². The van der Waals surface area contributed by atoms with Crippen molar-refractivity contribution in [2.24, 2.45) is 0 Å². The second-order valence-electron chi connectivity index (χ2n) is 4.98. The van der Waals surface area contributed by atoms with Crippen molar-refractivity contribution in [1.82, 2.24) is 0 Å². The van der Waals surface area contributed by atoms with Crippen molar-refractivity contribution >= 4 is 0 Å². The van der Waals surface area contributed by atoms with Crippen molar-refractivity contribution in [2.45, 2.75) is 32.1 Å². The average Bonchev–Trinajstić information content (AvgIpc) is 2.43. The minimum atomic E-state index is 0.187. The van der Waals surface area contributed by atoms with E-state index < -0.39 is 0 Å². The SMILES string of the molecule is CC(CCCc1c(O)cccc1O)c1ccccc1. The fourth-order valence-corrected chi connectivity index (χ4v) is 2.35. The lowest BCUT2D eigenvalue weighted by molar-refractivity contribution is 0.435. The van der Waals surface area contributed by atoms with Crippen LogP contribution in [0.3, 0.4) is 0 Å². The highest BCUT2D eigenvalue weighted by Crippen LogP contribution is 2.29. The van der Waals surface area contributed by atoms with Gasteiger partial charge in [-0.25, -0.2) is 0 Å². The van der Waals surface area contributed by atoms with E-state index in [0.29, 0.717) is 17.9 Å². The van der Waals surface area contributed by atoms with Gasteiger partial charge in [-0.05, 0) is 42.9 Å². The molecule has 0 heterocycles. The first-order valence-corrected chi connectivity index (χ1v) is 6.73. The van der Waals surface area contributed by atoms with Crippen LogP contribution in [0.15, 0.2) is 48.5 Å². The Morgan fingerprint density at radius 2 is 1.53 bits per heavy atom. The molecule has 2 aromatic carbocycles. The van der Waals surface area contributed by atoms with E-state index in [4.69, 9.17) is 0 Å². The Bertz CT molecular complexity index is 500. The first-order valence-electron chi connectivity index (χ1n) is 6.73. The van der Waals surface area contributed by atoms with Crippen LogP contribution < -0.4 is 0 Å². The van der Waals surface area contributed by atoms with Crippen molar-refractivity contribution in [2.75, 3.05) is 0 Å². The van der Waals surface area contributed by atoms with E-state index in [1.807, 2.05) is 6.07 Å². The van der Waals surface area contributed by atoms with E-state index in [1.165, 1.54) is 5.56 Å². The highest BCUT2D eigenvalue weighted by molar-refractivity contribution is 5.42. The minimum absolute atomic E-state index is 0.187. The number of phenols is 2. The van der Waals surface area contributed by atoms with Crippen molar-refractivity contribution in [3.8, 4) is 11.5 Å². The summed E-state index contributed by atoms with van der Waals surface area (Å²) in [7, 11) is 0. The lowest BCUT2D eigenvalue weighted by Gasteiger charge is -2.12. The Kier molecular flexibility index (Phi) is 4.45. The van der Waals surface area contributed by atoms with E-state index in [2.05, 4.69) is 31.2 Å². The Balaban J connectivity index is 1.90. The number of hydrogen-bond acceptors (Lipinski definition) is 2. The van der Waals surface area contributed by atoms with Gasteiger partial charge in [-0.15, -0.1) is 0 Å². The molecule has 2 heteroatoms. The van der Waals surface area contributed by atoms with Crippen LogP contribution >= 0.6 is 0 Å². The highest BCUT2D eigenvalue weighted by Gasteiger charge is 2.09. The maximum atomic E-state index is 9.71. The number of phenolic OH excluding ortho intramolecular Hbond substituents is 2. The molecule has 1 unspecified atom stereocenters. The fourth-order valence-electron chi connectivity index (χ4n) is 2.35. The maximum Gasteiger partial charge on any atom is 0.122 e. The van der Waals surface area contributed by atoms with E-state index in [-0.39, 0.29) is 11.5 Å². The molecule has 0 aliphatic carbocycles. The van der Waals surface area contributed by atoms with E-state index in [1.54, 1.807) is 18.2 Å². The van der Waals surface area contributed by atoms with Crippen LogP contribution in [0.25, 0.3) is 0 Å². The van der Waals surface area contributed by atoms with Gasteiger partial charge in [-0.3, -0.25) is 0 Å². The zero-order chi connectivity index (χ0) is 13.7. The smallest absolute Gasteiger partial charge is 0.122 e. The van der Waals surface area contributed by atoms with E-state index in [0.717, 1.165) is 12.8 Å². The van der Waals surface area contributed by atoms with Crippen LogP contribution in [0.4, 0.5) is 0 Å². The molecule has 0 saturated heterocycles. The molecule has 19 heavy (non-hydrogen) atoms. The van der Waals surface area contributed by atoms with Crippen LogP contribution in [0.1, 0.15) is 36.8 Å². The summed E-state index contributed by atoms with van der Waals surface area (Å²) < 4.78 is 0. The number of hydrogen-bond donors (Lipinski definition) is 2. The monoisotopic (exact) mass is 256 g/mol. The van der Waals surface area contributed by atoms with Gasteiger partial charge in [0, 0.05) is 5.56 Å². The van der Waals surface area contributed by atoms with Crippen LogP contribution in [-0.4, -0.2) is 10.2 Å². The van der Waals surface area contributed by atoms with Crippen molar-refractivity contribution in [1.29, 1.82) is 0 Å².